The van der Waals surface area contributed by atoms with Crippen molar-refractivity contribution in [3.63, 3.8) is 0 Å². The Labute approximate surface area is 212 Å². The number of thiazole rings is 1. The third-order valence-electron chi connectivity index (χ3n) is 5.70. The fraction of sp³-hybridized carbons (Fsp3) is 0.0769. The molecule has 0 radical (unpaired) electrons. The van der Waals surface area contributed by atoms with Crippen molar-refractivity contribution in [1.29, 1.82) is 0 Å². The molecule has 0 saturated heterocycles. The first kappa shape index (κ1) is 22.4. The Bertz CT molecular complexity index is 1840. The van der Waals surface area contributed by atoms with Crippen molar-refractivity contribution in [2.45, 2.75) is 12.1 Å². The Kier molecular flexibility index (Phi) is 5.54. The molecule has 36 heavy (non-hydrogen) atoms. The third-order valence-corrected chi connectivity index (χ3v) is 7.57. The van der Waals surface area contributed by atoms with E-state index in [0.29, 0.717) is 27.0 Å². The number of thioether (sulfide) groups is 1. The second-order valence-corrected chi connectivity index (χ2v) is 10.2. The van der Waals surface area contributed by atoms with E-state index in [1.54, 1.807) is 0 Å². The molecule has 0 aliphatic rings. The fourth-order valence-electron chi connectivity index (χ4n) is 4.03. The molecule has 0 fully saturated rings. The van der Waals surface area contributed by atoms with E-state index in [1.165, 1.54) is 40.2 Å². The SMILES string of the molecule is Cc1ccc2nc(NC(=O)CSc3nc4c([nH]c5ccccc54)c(=O)n3-c3ccc(F)cc3)sc2c1. The van der Waals surface area contributed by atoms with Crippen LogP contribution < -0.4 is 10.9 Å². The number of H-pyrrole nitrogens is 1. The van der Waals surface area contributed by atoms with Gasteiger partial charge in [0.2, 0.25) is 5.91 Å². The van der Waals surface area contributed by atoms with E-state index in [-0.39, 0.29) is 17.2 Å². The number of nitrogens with one attached hydrogen (secondary N) is 2. The maximum absolute atomic E-state index is 13.6. The Balaban J connectivity index is 1.36. The topological polar surface area (TPSA) is 92.7 Å². The number of nitrogens with zero attached hydrogens (tertiary/aromatic N) is 3. The molecule has 10 heteroatoms. The zero-order valence-electron chi connectivity index (χ0n) is 18.9. The number of fused-ring (bicyclic) bond motifs is 4. The lowest BCUT2D eigenvalue weighted by Gasteiger charge is -2.12. The van der Waals surface area contributed by atoms with Crippen LogP contribution in [0.1, 0.15) is 5.56 Å². The average molecular weight is 516 g/mol. The minimum Gasteiger partial charge on any atom is -0.349 e. The second-order valence-electron chi connectivity index (χ2n) is 8.23. The summed E-state index contributed by atoms with van der Waals surface area (Å²) in [6, 6.07) is 19.0. The van der Waals surface area contributed by atoms with Crippen molar-refractivity contribution in [2.75, 3.05) is 11.1 Å². The monoisotopic (exact) mass is 515 g/mol. The number of amides is 1. The van der Waals surface area contributed by atoms with Gasteiger partial charge in [-0.3, -0.25) is 14.2 Å². The van der Waals surface area contributed by atoms with E-state index in [9.17, 15) is 14.0 Å². The van der Waals surface area contributed by atoms with Gasteiger partial charge in [0.15, 0.2) is 10.3 Å². The van der Waals surface area contributed by atoms with Gasteiger partial charge in [0.25, 0.3) is 5.56 Å². The van der Waals surface area contributed by atoms with Gasteiger partial charge in [0, 0.05) is 10.9 Å². The van der Waals surface area contributed by atoms with Crippen molar-refractivity contribution in [3.05, 3.63) is 88.5 Å². The van der Waals surface area contributed by atoms with Crippen molar-refractivity contribution in [2.24, 2.45) is 0 Å². The van der Waals surface area contributed by atoms with E-state index in [2.05, 4.69) is 15.3 Å². The summed E-state index contributed by atoms with van der Waals surface area (Å²) in [5.74, 6) is -0.669. The maximum Gasteiger partial charge on any atom is 0.283 e. The number of aromatic nitrogens is 4. The largest absolute Gasteiger partial charge is 0.349 e. The molecule has 1 amide bonds. The van der Waals surface area contributed by atoms with Gasteiger partial charge in [-0.1, -0.05) is 47.4 Å². The van der Waals surface area contributed by atoms with Gasteiger partial charge in [-0.05, 0) is 55.0 Å². The van der Waals surface area contributed by atoms with Crippen LogP contribution in [-0.4, -0.2) is 31.2 Å². The number of aryl methyl sites for hydroxylation is 1. The lowest BCUT2D eigenvalue weighted by atomic mass is 10.2. The molecule has 3 heterocycles. The molecule has 0 unspecified atom stereocenters. The maximum atomic E-state index is 13.6. The molecule has 0 aliphatic carbocycles. The van der Waals surface area contributed by atoms with Crippen LogP contribution in [0.3, 0.4) is 0 Å². The average Bonchev–Trinajstić information content (AvgIpc) is 3.44. The summed E-state index contributed by atoms with van der Waals surface area (Å²) in [5.41, 5.74) is 3.74. The number of hydrogen-bond acceptors (Lipinski definition) is 6. The molecule has 0 spiro atoms. The molecular weight excluding hydrogens is 497 g/mol. The number of para-hydroxylation sites is 1. The molecule has 6 aromatic rings. The number of benzene rings is 3. The van der Waals surface area contributed by atoms with Gasteiger partial charge in [-0.2, -0.15) is 0 Å². The number of aromatic amines is 1. The molecule has 3 aromatic heterocycles. The van der Waals surface area contributed by atoms with E-state index >= 15 is 0 Å². The Morgan fingerprint density at radius 2 is 1.92 bits per heavy atom. The first-order valence-corrected chi connectivity index (χ1v) is 12.9. The van der Waals surface area contributed by atoms with Crippen LogP contribution in [0.5, 0.6) is 0 Å². The molecule has 2 N–H and O–H groups in total. The van der Waals surface area contributed by atoms with E-state index in [1.807, 2.05) is 49.4 Å². The number of halogens is 1. The lowest BCUT2D eigenvalue weighted by molar-refractivity contribution is -0.113. The van der Waals surface area contributed by atoms with Crippen LogP contribution in [0.4, 0.5) is 9.52 Å². The molecule has 6 rings (SSSR count). The summed E-state index contributed by atoms with van der Waals surface area (Å²) in [4.78, 5) is 38.7. The number of hydrogen-bond donors (Lipinski definition) is 2. The highest BCUT2D eigenvalue weighted by atomic mass is 32.2. The summed E-state index contributed by atoms with van der Waals surface area (Å²) >= 11 is 2.54. The van der Waals surface area contributed by atoms with Crippen LogP contribution in [-0.2, 0) is 4.79 Å². The van der Waals surface area contributed by atoms with Gasteiger partial charge in [-0.15, -0.1) is 0 Å². The number of anilines is 1. The van der Waals surface area contributed by atoms with Gasteiger partial charge in [0.05, 0.1) is 21.7 Å². The zero-order valence-corrected chi connectivity index (χ0v) is 20.5. The summed E-state index contributed by atoms with van der Waals surface area (Å²) < 4.78 is 16.0. The predicted molar refractivity (Wildman–Crippen MR) is 143 cm³/mol. The van der Waals surface area contributed by atoms with Gasteiger partial charge in [0.1, 0.15) is 16.9 Å². The summed E-state index contributed by atoms with van der Waals surface area (Å²) in [5, 5.41) is 4.50. The minimum absolute atomic E-state index is 0.0104. The van der Waals surface area contributed by atoms with Gasteiger partial charge in [-0.25, -0.2) is 14.4 Å². The summed E-state index contributed by atoms with van der Waals surface area (Å²) in [6.45, 7) is 2.01. The van der Waals surface area contributed by atoms with Crippen molar-refractivity contribution in [3.8, 4) is 5.69 Å². The quantitative estimate of drug-likeness (QED) is 0.228. The van der Waals surface area contributed by atoms with Crippen LogP contribution in [0, 0.1) is 12.7 Å². The number of carbonyl (C=O) groups is 1. The number of rotatable bonds is 5. The van der Waals surface area contributed by atoms with Crippen LogP contribution >= 0.6 is 23.1 Å². The number of carbonyl (C=O) groups excluding carboxylic acids is 1. The smallest absolute Gasteiger partial charge is 0.283 e. The highest BCUT2D eigenvalue weighted by Crippen LogP contribution is 2.28. The van der Waals surface area contributed by atoms with Crippen molar-refractivity contribution in [1.82, 2.24) is 19.5 Å². The first-order valence-electron chi connectivity index (χ1n) is 11.1. The molecule has 0 aliphatic heterocycles. The fourth-order valence-corrected chi connectivity index (χ4v) is 5.81. The van der Waals surface area contributed by atoms with E-state index in [0.717, 1.165) is 38.4 Å². The van der Waals surface area contributed by atoms with Crippen LogP contribution in [0.25, 0.3) is 37.8 Å². The Hall–Kier alpha value is -4.02. The second kappa shape index (κ2) is 8.89. The molecule has 0 atom stereocenters. The minimum atomic E-state index is -0.411. The highest BCUT2D eigenvalue weighted by molar-refractivity contribution is 7.99. The van der Waals surface area contributed by atoms with Crippen molar-refractivity contribution >= 4 is 66.3 Å². The van der Waals surface area contributed by atoms with E-state index in [4.69, 9.17) is 4.98 Å². The standard InChI is InChI=1S/C26H18FN5O2S2/c1-14-6-11-19-20(12-14)36-25(29-19)30-21(33)13-35-26-31-22-17-4-2-3-5-18(17)28-23(22)24(34)32(26)16-9-7-15(27)8-10-16/h2-12,28H,13H2,1H3,(H,29,30,33). The molecule has 0 bridgehead atoms. The van der Waals surface area contributed by atoms with Crippen LogP contribution in [0.15, 0.2) is 76.7 Å². The lowest BCUT2D eigenvalue weighted by Crippen LogP contribution is -2.23. The molecule has 178 valence electrons. The van der Waals surface area contributed by atoms with Gasteiger partial charge < -0.3 is 10.3 Å². The van der Waals surface area contributed by atoms with Crippen LogP contribution in [0.2, 0.25) is 0 Å². The molecule has 7 nitrogen and oxygen atoms in total. The normalized spacial score (nSPS) is 11.5. The molecule has 3 aromatic carbocycles. The Morgan fingerprint density at radius 3 is 2.75 bits per heavy atom. The zero-order chi connectivity index (χ0) is 24.8. The van der Waals surface area contributed by atoms with E-state index < -0.39 is 5.82 Å². The third kappa shape index (κ3) is 4.04. The predicted octanol–water partition coefficient (Wildman–Crippen LogP) is 5.66. The summed E-state index contributed by atoms with van der Waals surface area (Å²) in [7, 11) is 0. The molecular formula is C26H18FN5O2S2. The Morgan fingerprint density at radius 1 is 1.11 bits per heavy atom. The molecule has 0 saturated carbocycles. The van der Waals surface area contributed by atoms with Gasteiger partial charge >= 0.3 is 0 Å². The summed E-state index contributed by atoms with van der Waals surface area (Å²) in [6.07, 6.45) is 0. The highest BCUT2D eigenvalue weighted by Gasteiger charge is 2.18. The van der Waals surface area contributed by atoms with Crippen molar-refractivity contribution < 1.29 is 9.18 Å². The first-order chi connectivity index (χ1) is 17.5.